The Bertz CT molecular complexity index is 629. The fourth-order valence-corrected chi connectivity index (χ4v) is 2.10. The van der Waals surface area contributed by atoms with Crippen LogP contribution in [0, 0.1) is 5.82 Å². The van der Waals surface area contributed by atoms with Crippen LogP contribution in [0.3, 0.4) is 0 Å². The van der Waals surface area contributed by atoms with Crippen LogP contribution in [-0.4, -0.2) is 13.4 Å². The van der Waals surface area contributed by atoms with Crippen LogP contribution < -0.4 is 9.47 Å². The maximum atomic E-state index is 13.6. The van der Waals surface area contributed by atoms with E-state index in [1.165, 1.54) is 13.2 Å². The van der Waals surface area contributed by atoms with Crippen molar-refractivity contribution in [1.82, 2.24) is 0 Å². The summed E-state index contributed by atoms with van der Waals surface area (Å²) in [5.74, 6) is 0.543. The molecule has 104 valence electrons. The third kappa shape index (κ3) is 3.36. The monoisotopic (exact) mass is 338 g/mol. The SMILES string of the molecule is COc1ccc(C=O)cc1OCc1cc(Br)ccc1F. The number of ether oxygens (including phenoxy) is 2. The fourth-order valence-electron chi connectivity index (χ4n) is 1.69. The molecule has 0 amide bonds. The third-order valence-electron chi connectivity index (χ3n) is 2.71. The summed E-state index contributed by atoms with van der Waals surface area (Å²) in [6.45, 7) is 0.0456. The van der Waals surface area contributed by atoms with Gasteiger partial charge in [0.2, 0.25) is 0 Å². The summed E-state index contributed by atoms with van der Waals surface area (Å²) >= 11 is 3.28. The molecule has 0 aromatic heterocycles. The second kappa shape index (κ2) is 6.52. The van der Waals surface area contributed by atoms with Crippen LogP contribution in [0.1, 0.15) is 15.9 Å². The Balaban J connectivity index is 2.21. The van der Waals surface area contributed by atoms with Gasteiger partial charge in [0.25, 0.3) is 0 Å². The molecule has 5 heteroatoms. The molecule has 0 aliphatic carbocycles. The van der Waals surface area contributed by atoms with Gasteiger partial charge in [0.1, 0.15) is 18.7 Å². The van der Waals surface area contributed by atoms with Crippen molar-refractivity contribution < 1.29 is 18.7 Å². The number of hydrogen-bond donors (Lipinski definition) is 0. The Morgan fingerprint density at radius 2 is 2.00 bits per heavy atom. The van der Waals surface area contributed by atoms with Gasteiger partial charge in [-0.05, 0) is 36.4 Å². The Kier molecular flexibility index (Phi) is 4.74. The van der Waals surface area contributed by atoms with E-state index in [0.717, 1.165) is 4.47 Å². The molecule has 0 radical (unpaired) electrons. The van der Waals surface area contributed by atoms with E-state index in [-0.39, 0.29) is 12.4 Å². The van der Waals surface area contributed by atoms with Crippen LogP contribution in [0.25, 0.3) is 0 Å². The summed E-state index contributed by atoms with van der Waals surface area (Å²) in [6.07, 6.45) is 0.714. The van der Waals surface area contributed by atoms with E-state index < -0.39 is 0 Å². The van der Waals surface area contributed by atoms with E-state index >= 15 is 0 Å². The molecule has 2 rings (SSSR count). The predicted molar refractivity (Wildman–Crippen MR) is 76.8 cm³/mol. The first-order valence-electron chi connectivity index (χ1n) is 5.84. The molecule has 0 spiro atoms. The van der Waals surface area contributed by atoms with Crippen LogP contribution >= 0.6 is 15.9 Å². The van der Waals surface area contributed by atoms with Crippen LogP contribution in [0.4, 0.5) is 4.39 Å². The zero-order valence-electron chi connectivity index (χ0n) is 10.7. The first-order valence-corrected chi connectivity index (χ1v) is 6.63. The largest absolute Gasteiger partial charge is 0.493 e. The summed E-state index contributed by atoms with van der Waals surface area (Å²) in [4.78, 5) is 10.8. The number of carbonyl (C=O) groups is 1. The first-order chi connectivity index (χ1) is 9.63. The maximum absolute atomic E-state index is 13.6. The van der Waals surface area contributed by atoms with E-state index in [1.54, 1.807) is 30.3 Å². The topological polar surface area (TPSA) is 35.5 Å². The number of methoxy groups -OCH3 is 1. The molecule has 0 heterocycles. The standard InChI is InChI=1S/C15H12BrFO3/c1-19-14-5-2-10(8-18)6-15(14)20-9-11-7-12(16)3-4-13(11)17/h2-8H,9H2,1H3. The predicted octanol–water partition coefficient (Wildman–Crippen LogP) is 3.99. The molecule has 0 saturated heterocycles. The van der Waals surface area contributed by atoms with Gasteiger partial charge in [-0.1, -0.05) is 15.9 Å². The molecule has 0 unspecified atom stereocenters. The van der Waals surface area contributed by atoms with E-state index in [9.17, 15) is 9.18 Å². The highest BCUT2D eigenvalue weighted by molar-refractivity contribution is 9.10. The second-order valence-electron chi connectivity index (χ2n) is 4.05. The minimum atomic E-state index is -0.348. The molecule has 0 atom stereocenters. The van der Waals surface area contributed by atoms with Crippen LogP contribution in [0.15, 0.2) is 40.9 Å². The minimum absolute atomic E-state index is 0.0456. The Morgan fingerprint density at radius 1 is 1.20 bits per heavy atom. The van der Waals surface area contributed by atoms with Gasteiger partial charge < -0.3 is 9.47 Å². The van der Waals surface area contributed by atoms with Gasteiger partial charge in [-0.25, -0.2) is 4.39 Å². The van der Waals surface area contributed by atoms with Crippen molar-refractivity contribution in [3.8, 4) is 11.5 Å². The van der Waals surface area contributed by atoms with Gasteiger partial charge in [0.05, 0.1) is 7.11 Å². The number of carbonyl (C=O) groups excluding carboxylic acids is 1. The summed E-state index contributed by atoms with van der Waals surface area (Å²) in [5, 5.41) is 0. The van der Waals surface area contributed by atoms with Crippen molar-refractivity contribution in [2.45, 2.75) is 6.61 Å². The number of rotatable bonds is 5. The summed E-state index contributed by atoms with van der Waals surface area (Å²) < 4.78 is 25.1. The Morgan fingerprint density at radius 3 is 2.70 bits per heavy atom. The summed E-state index contributed by atoms with van der Waals surface area (Å²) in [5.41, 5.74) is 0.883. The summed E-state index contributed by atoms with van der Waals surface area (Å²) in [6, 6.07) is 9.44. The number of aldehydes is 1. The fraction of sp³-hybridized carbons (Fsp3) is 0.133. The highest BCUT2D eigenvalue weighted by atomic mass is 79.9. The molecule has 2 aromatic carbocycles. The Hall–Kier alpha value is -1.88. The zero-order valence-corrected chi connectivity index (χ0v) is 12.3. The molecule has 0 aliphatic heterocycles. The highest BCUT2D eigenvalue weighted by Crippen LogP contribution is 2.29. The van der Waals surface area contributed by atoms with Gasteiger partial charge in [0.15, 0.2) is 11.5 Å². The van der Waals surface area contributed by atoms with Crippen molar-refractivity contribution in [2.24, 2.45) is 0 Å². The molecule has 0 aliphatic rings. The lowest BCUT2D eigenvalue weighted by atomic mass is 10.2. The van der Waals surface area contributed by atoms with Crippen molar-refractivity contribution in [3.05, 3.63) is 57.8 Å². The smallest absolute Gasteiger partial charge is 0.162 e. The molecular formula is C15H12BrFO3. The molecule has 2 aromatic rings. The quantitative estimate of drug-likeness (QED) is 0.773. The van der Waals surface area contributed by atoms with Gasteiger partial charge in [0, 0.05) is 15.6 Å². The first kappa shape index (κ1) is 14.5. The van der Waals surface area contributed by atoms with E-state index in [0.29, 0.717) is 28.9 Å². The third-order valence-corrected chi connectivity index (χ3v) is 3.21. The van der Waals surface area contributed by atoms with Crippen LogP contribution in [0.5, 0.6) is 11.5 Å². The van der Waals surface area contributed by atoms with Crippen molar-refractivity contribution >= 4 is 22.2 Å². The molecule has 0 fully saturated rings. The minimum Gasteiger partial charge on any atom is -0.493 e. The normalized spacial score (nSPS) is 10.2. The van der Waals surface area contributed by atoms with Gasteiger partial charge >= 0.3 is 0 Å². The highest BCUT2D eigenvalue weighted by Gasteiger charge is 2.08. The second-order valence-corrected chi connectivity index (χ2v) is 4.97. The number of benzene rings is 2. The maximum Gasteiger partial charge on any atom is 0.162 e. The van der Waals surface area contributed by atoms with Gasteiger partial charge in [-0.15, -0.1) is 0 Å². The lowest BCUT2D eigenvalue weighted by molar-refractivity contribution is 0.112. The summed E-state index contributed by atoms with van der Waals surface area (Å²) in [7, 11) is 1.50. The van der Waals surface area contributed by atoms with Crippen molar-refractivity contribution in [3.63, 3.8) is 0 Å². The van der Waals surface area contributed by atoms with Crippen molar-refractivity contribution in [2.75, 3.05) is 7.11 Å². The molecule has 0 bridgehead atoms. The number of halogens is 2. The molecule has 20 heavy (non-hydrogen) atoms. The van der Waals surface area contributed by atoms with E-state index in [4.69, 9.17) is 9.47 Å². The lowest BCUT2D eigenvalue weighted by Crippen LogP contribution is -2.00. The molecule has 3 nitrogen and oxygen atoms in total. The molecular weight excluding hydrogens is 327 g/mol. The van der Waals surface area contributed by atoms with E-state index in [1.807, 2.05) is 0 Å². The van der Waals surface area contributed by atoms with E-state index in [2.05, 4.69) is 15.9 Å². The lowest BCUT2D eigenvalue weighted by Gasteiger charge is -2.11. The Labute approximate surface area is 124 Å². The van der Waals surface area contributed by atoms with Gasteiger partial charge in [-0.3, -0.25) is 4.79 Å². The molecule has 0 N–H and O–H groups in total. The average Bonchev–Trinajstić information content (AvgIpc) is 2.47. The van der Waals surface area contributed by atoms with Crippen LogP contribution in [-0.2, 0) is 6.61 Å². The molecule has 0 saturated carbocycles. The van der Waals surface area contributed by atoms with Crippen LogP contribution in [0.2, 0.25) is 0 Å². The zero-order chi connectivity index (χ0) is 14.5. The van der Waals surface area contributed by atoms with Gasteiger partial charge in [-0.2, -0.15) is 0 Å². The van der Waals surface area contributed by atoms with Crippen molar-refractivity contribution in [1.29, 1.82) is 0 Å². The average molecular weight is 339 g/mol. The number of hydrogen-bond acceptors (Lipinski definition) is 3.